The van der Waals surface area contributed by atoms with E-state index >= 15 is 0 Å². The van der Waals surface area contributed by atoms with Crippen LogP contribution in [0.25, 0.3) is 0 Å². The van der Waals surface area contributed by atoms with Crippen molar-refractivity contribution in [2.24, 2.45) is 0 Å². The molecule has 0 aliphatic heterocycles. The highest BCUT2D eigenvalue weighted by Gasteiger charge is 2.11. The molecule has 1 heterocycles. The molecular weight excluding hydrogens is 166 g/mol. The second-order valence-electron chi connectivity index (χ2n) is 3.25. The van der Waals surface area contributed by atoms with Crippen LogP contribution in [0.15, 0.2) is 6.20 Å². The third-order valence-electron chi connectivity index (χ3n) is 2.14. The average molecular weight is 183 g/mol. The number of aliphatic hydroxyl groups is 1. The number of unbranched alkanes of at least 4 members (excludes halogenated alkanes) is 2. The lowest BCUT2D eigenvalue weighted by Gasteiger charge is -2.08. The number of hydrogen-bond acceptors (Lipinski definition) is 3. The van der Waals surface area contributed by atoms with Gasteiger partial charge in [-0.25, -0.2) is 0 Å². The molecule has 0 aliphatic carbocycles. The molecular formula is C9H17N3O. The van der Waals surface area contributed by atoms with Gasteiger partial charge in [0.2, 0.25) is 0 Å². The summed E-state index contributed by atoms with van der Waals surface area (Å²) in [5, 5.41) is 16.0. The van der Waals surface area contributed by atoms with Crippen LogP contribution in [0, 0.1) is 0 Å². The number of anilines is 1. The fourth-order valence-corrected chi connectivity index (χ4v) is 1.31. The van der Waals surface area contributed by atoms with Gasteiger partial charge < -0.3 is 10.8 Å². The molecule has 0 fully saturated rings. The van der Waals surface area contributed by atoms with Crippen LogP contribution in [0.3, 0.4) is 0 Å². The monoisotopic (exact) mass is 183 g/mol. The molecule has 1 aromatic heterocycles. The van der Waals surface area contributed by atoms with Gasteiger partial charge in [0, 0.05) is 5.56 Å². The van der Waals surface area contributed by atoms with Crippen LogP contribution in [0.5, 0.6) is 0 Å². The number of nitrogens with two attached hydrogens (primary N) is 1. The zero-order valence-corrected chi connectivity index (χ0v) is 7.95. The van der Waals surface area contributed by atoms with Crippen molar-refractivity contribution >= 4 is 5.82 Å². The highest BCUT2D eigenvalue weighted by molar-refractivity contribution is 5.38. The second kappa shape index (κ2) is 4.87. The molecule has 0 spiro atoms. The molecule has 1 aromatic rings. The Morgan fingerprint density at radius 2 is 2.38 bits per heavy atom. The zero-order chi connectivity index (χ0) is 9.68. The zero-order valence-electron chi connectivity index (χ0n) is 7.95. The third kappa shape index (κ3) is 2.73. The average Bonchev–Trinajstić information content (AvgIpc) is 2.52. The van der Waals surface area contributed by atoms with Gasteiger partial charge in [-0.2, -0.15) is 5.10 Å². The second-order valence-corrected chi connectivity index (χ2v) is 3.25. The molecule has 4 N–H and O–H groups in total. The summed E-state index contributed by atoms with van der Waals surface area (Å²) < 4.78 is 0. The van der Waals surface area contributed by atoms with E-state index in [0.29, 0.717) is 5.82 Å². The fourth-order valence-electron chi connectivity index (χ4n) is 1.31. The standard InChI is InChI=1S/C9H17N3O/c1-2-3-4-5-8(13)7-6-11-12-9(7)10/h6,8,13H,2-5H2,1H3,(H3,10,11,12). The minimum atomic E-state index is -0.467. The molecule has 0 bridgehead atoms. The molecule has 1 rings (SSSR count). The molecule has 0 radical (unpaired) electrons. The maximum Gasteiger partial charge on any atom is 0.124 e. The summed E-state index contributed by atoms with van der Waals surface area (Å²) in [5.41, 5.74) is 6.29. The number of nitrogens with zero attached hydrogens (tertiary/aromatic N) is 1. The first-order chi connectivity index (χ1) is 6.25. The molecule has 74 valence electrons. The minimum absolute atomic E-state index is 0.467. The van der Waals surface area contributed by atoms with E-state index in [2.05, 4.69) is 17.1 Å². The Labute approximate surface area is 78.2 Å². The van der Waals surface area contributed by atoms with E-state index in [1.54, 1.807) is 6.20 Å². The van der Waals surface area contributed by atoms with Crippen LogP contribution in [-0.4, -0.2) is 15.3 Å². The summed E-state index contributed by atoms with van der Waals surface area (Å²) in [5.74, 6) is 0.476. The summed E-state index contributed by atoms with van der Waals surface area (Å²) >= 11 is 0. The van der Waals surface area contributed by atoms with Crippen LogP contribution in [0.1, 0.15) is 44.3 Å². The Kier molecular flexibility index (Phi) is 3.76. The van der Waals surface area contributed by atoms with E-state index in [0.717, 1.165) is 31.2 Å². The molecule has 0 amide bonds. The van der Waals surface area contributed by atoms with Crippen LogP contribution >= 0.6 is 0 Å². The van der Waals surface area contributed by atoms with E-state index in [-0.39, 0.29) is 0 Å². The number of nitrogens with one attached hydrogen (secondary N) is 1. The van der Waals surface area contributed by atoms with E-state index < -0.39 is 6.10 Å². The fraction of sp³-hybridized carbons (Fsp3) is 0.667. The number of aromatic nitrogens is 2. The van der Waals surface area contributed by atoms with Crippen molar-refractivity contribution in [1.82, 2.24) is 10.2 Å². The maximum atomic E-state index is 9.68. The molecule has 0 saturated carbocycles. The van der Waals surface area contributed by atoms with Gasteiger partial charge in [0.15, 0.2) is 0 Å². The number of hydrogen-bond donors (Lipinski definition) is 3. The Balaban J connectivity index is 2.39. The first-order valence-corrected chi connectivity index (χ1v) is 4.72. The van der Waals surface area contributed by atoms with Gasteiger partial charge in [0.25, 0.3) is 0 Å². The van der Waals surface area contributed by atoms with Crippen LogP contribution in [-0.2, 0) is 0 Å². The summed E-state index contributed by atoms with van der Waals surface area (Å²) in [4.78, 5) is 0. The van der Waals surface area contributed by atoms with Crippen molar-refractivity contribution in [1.29, 1.82) is 0 Å². The van der Waals surface area contributed by atoms with Crippen molar-refractivity contribution in [2.45, 2.75) is 38.7 Å². The highest BCUT2D eigenvalue weighted by atomic mass is 16.3. The Bertz CT molecular complexity index is 247. The topological polar surface area (TPSA) is 74.9 Å². The van der Waals surface area contributed by atoms with Gasteiger partial charge in [-0.05, 0) is 6.42 Å². The highest BCUT2D eigenvalue weighted by Crippen LogP contribution is 2.22. The SMILES string of the molecule is CCCCCC(O)c1cn[nH]c1N. The minimum Gasteiger partial charge on any atom is -0.388 e. The third-order valence-corrected chi connectivity index (χ3v) is 2.14. The summed E-state index contributed by atoms with van der Waals surface area (Å²) in [6.45, 7) is 2.14. The van der Waals surface area contributed by atoms with Crippen LogP contribution in [0.2, 0.25) is 0 Å². The molecule has 13 heavy (non-hydrogen) atoms. The van der Waals surface area contributed by atoms with E-state index in [9.17, 15) is 5.11 Å². The summed E-state index contributed by atoms with van der Waals surface area (Å²) in [7, 11) is 0. The lowest BCUT2D eigenvalue weighted by molar-refractivity contribution is 0.164. The predicted molar refractivity (Wildman–Crippen MR) is 52.1 cm³/mol. The number of nitrogen functional groups attached to an aromatic ring is 1. The van der Waals surface area contributed by atoms with Crippen molar-refractivity contribution in [2.75, 3.05) is 5.73 Å². The van der Waals surface area contributed by atoms with Crippen LogP contribution in [0.4, 0.5) is 5.82 Å². The van der Waals surface area contributed by atoms with Gasteiger partial charge in [-0.1, -0.05) is 26.2 Å². The molecule has 4 heteroatoms. The quantitative estimate of drug-likeness (QED) is 0.607. The first kappa shape index (κ1) is 10.1. The van der Waals surface area contributed by atoms with Gasteiger partial charge in [0.05, 0.1) is 12.3 Å². The van der Waals surface area contributed by atoms with E-state index in [1.807, 2.05) is 0 Å². The number of aromatic amines is 1. The Morgan fingerprint density at radius 1 is 1.62 bits per heavy atom. The van der Waals surface area contributed by atoms with Gasteiger partial charge >= 0.3 is 0 Å². The molecule has 1 unspecified atom stereocenters. The smallest absolute Gasteiger partial charge is 0.124 e. The van der Waals surface area contributed by atoms with Crippen molar-refractivity contribution in [3.05, 3.63) is 11.8 Å². The van der Waals surface area contributed by atoms with E-state index in [4.69, 9.17) is 5.73 Å². The van der Waals surface area contributed by atoms with Crippen molar-refractivity contribution in [3.63, 3.8) is 0 Å². The maximum absolute atomic E-state index is 9.68. The van der Waals surface area contributed by atoms with Gasteiger partial charge in [-0.15, -0.1) is 0 Å². The first-order valence-electron chi connectivity index (χ1n) is 4.72. The lowest BCUT2D eigenvalue weighted by Crippen LogP contribution is -2.00. The molecule has 4 nitrogen and oxygen atoms in total. The molecule has 1 atom stereocenters. The summed E-state index contributed by atoms with van der Waals surface area (Å²) in [6.07, 6.45) is 5.22. The molecule has 0 aliphatic rings. The number of rotatable bonds is 5. The van der Waals surface area contributed by atoms with Crippen molar-refractivity contribution in [3.8, 4) is 0 Å². The normalized spacial score (nSPS) is 13.1. The Morgan fingerprint density at radius 3 is 2.92 bits per heavy atom. The molecule has 0 saturated heterocycles. The lowest BCUT2D eigenvalue weighted by atomic mass is 10.1. The van der Waals surface area contributed by atoms with E-state index in [1.165, 1.54) is 0 Å². The largest absolute Gasteiger partial charge is 0.388 e. The number of H-pyrrole nitrogens is 1. The van der Waals surface area contributed by atoms with Crippen molar-refractivity contribution < 1.29 is 5.11 Å². The predicted octanol–water partition coefficient (Wildman–Crippen LogP) is 1.61. The summed E-state index contributed by atoms with van der Waals surface area (Å²) in [6, 6.07) is 0. The number of aliphatic hydroxyl groups excluding tert-OH is 1. The van der Waals surface area contributed by atoms with Gasteiger partial charge in [-0.3, -0.25) is 5.10 Å². The molecule has 0 aromatic carbocycles. The Hall–Kier alpha value is -1.03. The van der Waals surface area contributed by atoms with Gasteiger partial charge in [0.1, 0.15) is 5.82 Å². The van der Waals surface area contributed by atoms with Crippen LogP contribution < -0.4 is 5.73 Å².